The second-order valence-corrected chi connectivity index (χ2v) is 3.70. The molecule has 0 aliphatic rings. The zero-order valence-corrected chi connectivity index (χ0v) is 11.3. The number of anilines is 1. The number of carbonyl (C=O) groups excluding carboxylic acids is 1. The number of benzene rings is 1. The predicted octanol–water partition coefficient (Wildman–Crippen LogP) is 1.08. The minimum absolute atomic E-state index is 0.253. The van der Waals surface area contributed by atoms with Gasteiger partial charge < -0.3 is 14.2 Å². The van der Waals surface area contributed by atoms with Gasteiger partial charge in [-0.3, -0.25) is 10.1 Å². The van der Waals surface area contributed by atoms with E-state index in [-0.39, 0.29) is 11.9 Å². The van der Waals surface area contributed by atoms with Crippen LogP contribution in [0.2, 0.25) is 0 Å². The molecule has 1 heterocycles. The summed E-state index contributed by atoms with van der Waals surface area (Å²) >= 11 is 0. The molecule has 0 aliphatic carbocycles. The Hall–Kier alpha value is -2.77. The lowest BCUT2D eigenvalue weighted by molar-refractivity contribution is 0.102. The second kappa shape index (κ2) is 5.91. The van der Waals surface area contributed by atoms with Gasteiger partial charge in [-0.15, -0.1) is 0 Å². The molecule has 1 aromatic heterocycles. The number of hydrogen-bond donors (Lipinski definition) is 2. The van der Waals surface area contributed by atoms with E-state index in [9.17, 15) is 4.79 Å². The van der Waals surface area contributed by atoms with Crippen LogP contribution in [0.5, 0.6) is 17.2 Å². The zero-order valence-electron chi connectivity index (χ0n) is 11.3. The Morgan fingerprint density at radius 2 is 1.80 bits per heavy atom. The van der Waals surface area contributed by atoms with E-state index in [4.69, 9.17) is 14.2 Å². The maximum Gasteiger partial charge on any atom is 0.258 e. The van der Waals surface area contributed by atoms with Crippen LogP contribution in [0.15, 0.2) is 18.5 Å². The number of carbonyl (C=O) groups is 1. The highest BCUT2D eigenvalue weighted by atomic mass is 16.5. The summed E-state index contributed by atoms with van der Waals surface area (Å²) in [6, 6.07) is 3.10. The molecule has 0 unspecified atom stereocenters. The second-order valence-electron chi connectivity index (χ2n) is 3.70. The largest absolute Gasteiger partial charge is 0.493 e. The van der Waals surface area contributed by atoms with Crippen molar-refractivity contribution in [3.8, 4) is 17.2 Å². The first-order chi connectivity index (χ1) is 9.69. The van der Waals surface area contributed by atoms with E-state index in [1.165, 1.54) is 27.7 Å². The highest BCUT2D eigenvalue weighted by Crippen LogP contribution is 2.38. The first-order valence-electron chi connectivity index (χ1n) is 5.66. The van der Waals surface area contributed by atoms with Gasteiger partial charge in [0.2, 0.25) is 11.7 Å². The van der Waals surface area contributed by atoms with Gasteiger partial charge in [-0.25, -0.2) is 5.10 Å². The van der Waals surface area contributed by atoms with Gasteiger partial charge in [-0.1, -0.05) is 0 Å². The quantitative estimate of drug-likeness (QED) is 0.849. The Bertz CT molecular complexity index is 573. The van der Waals surface area contributed by atoms with Crippen molar-refractivity contribution in [3.63, 3.8) is 0 Å². The van der Waals surface area contributed by atoms with Gasteiger partial charge in [-0.05, 0) is 12.1 Å². The Kier molecular flexibility index (Phi) is 4.04. The van der Waals surface area contributed by atoms with Gasteiger partial charge >= 0.3 is 0 Å². The summed E-state index contributed by atoms with van der Waals surface area (Å²) in [6.07, 6.45) is 1.30. The fourth-order valence-electron chi connectivity index (χ4n) is 1.66. The molecule has 2 aromatic rings. The number of aromatic nitrogens is 3. The lowest BCUT2D eigenvalue weighted by Gasteiger charge is -2.13. The first-order valence-corrected chi connectivity index (χ1v) is 5.66. The molecular formula is C12H14N4O4. The SMILES string of the molecule is COc1cc(C(=O)Nc2ncn[nH]2)cc(OC)c1OC. The number of nitrogens with zero attached hydrogens (tertiary/aromatic N) is 2. The van der Waals surface area contributed by atoms with Crippen LogP contribution in [0.3, 0.4) is 0 Å². The van der Waals surface area contributed by atoms with Crippen LogP contribution in [0.1, 0.15) is 10.4 Å². The van der Waals surface area contributed by atoms with Crippen LogP contribution in [-0.4, -0.2) is 42.4 Å². The van der Waals surface area contributed by atoms with Crippen molar-refractivity contribution >= 4 is 11.9 Å². The Morgan fingerprint density at radius 1 is 1.15 bits per heavy atom. The van der Waals surface area contributed by atoms with Crippen molar-refractivity contribution in [2.75, 3.05) is 26.6 Å². The van der Waals surface area contributed by atoms with Crippen LogP contribution in [0.25, 0.3) is 0 Å². The molecule has 0 bridgehead atoms. The first kappa shape index (κ1) is 13.7. The van der Waals surface area contributed by atoms with Gasteiger partial charge in [0.25, 0.3) is 5.91 Å². The van der Waals surface area contributed by atoms with E-state index in [0.717, 1.165) is 0 Å². The van der Waals surface area contributed by atoms with E-state index >= 15 is 0 Å². The number of H-pyrrole nitrogens is 1. The van der Waals surface area contributed by atoms with Crippen molar-refractivity contribution in [2.24, 2.45) is 0 Å². The van der Waals surface area contributed by atoms with E-state index in [1.807, 2.05) is 0 Å². The number of methoxy groups -OCH3 is 3. The molecule has 0 radical (unpaired) electrons. The molecule has 0 saturated carbocycles. The predicted molar refractivity (Wildman–Crippen MR) is 70.4 cm³/mol. The van der Waals surface area contributed by atoms with Crippen LogP contribution in [0.4, 0.5) is 5.95 Å². The van der Waals surface area contributed by atoms with Gasteiger partial charge in [0.05, 0.1) is 21.3 Å². The minimum atomic E-state index is -0.374. The molecule has 2 rings (SSSR count). The summed E-state index contributed by atoms with van der Waals surface area (Å²) < 4.78 is 15.6. The van der Waals surface area contributed by atoms with Crippen molar-refractivity contribution in [2.45, 2.75) is 0 Å². The zero-order chi connectivity index (χ0) is 14.5. The highest BCUT2D eigenvalue weighted by molar-refractivity contribution is 6.04. The molecule has 0 atom stereocenters. The molecule has 1 amide bonds. The van der Waals surface area contributed by atoms with Crippen molar-refractivity contribution in [1.29, 1.82) is 0 Å². The molecule has 8 nitrogen and oxygen atoms in total. The molecular weight excluding hydrogens is 264 g/mol. The third-order valence-corrected chi connectivity index (χ3v) is 2.57. The minimum Gasteiger partial charge on any atom is -0.493 e. The molecule has 20 heavy (non-hydrogen) atoms. The highest BCUT2D eigenvalue weighted by Gasteiger charge is 2.17. The average molecular weight is 278 g/mol. The van der Waals surface area contributed by atoms with Crippen molar-refractivity contribution < 1.29 is 19.0 Å². The van der Waals surface area contributed by atoms with Crippen molar-refractivity contribution in [3.05, 3.63) is 24.0 Å². The number of amides is 1. The van der Waals surface area contributed by atoms with Crippen molar-refractivity contribution in [1.82, 2.24) is 15.2 Å². The lowest BCUT2D eigenvalue weighted by atomic mass is 10.1. The molecule has 0 saturated heterocycles. The lowest BCUT2D eigenvalue weighted by Crippen LogP contribution is -2.13. The van der Waals surface area contributed by atoms with Crippen LogP contribution in [-0.2, 0) is 0 Å². The van der Waals surface area contributed by atoms with Crippen LogP contribution in [0, 0.1) is 0 Å². The standard InChI is InChI=1S/C12H14N4O4/c1-18-8-4-7(5-9(19-2)10(8)20-3)11(17)15-12-13-6-14-16-12/h4-6H,1-3H3,(H2,13,14,15,16,17). The topological polar surface area (TPSA) is 98.4 Å². The third-order valence-electron chi connectivity index (χ3n) is 2.57. The molecule has 0 fully saturated rings. The van der Waals surface area contributed by atoms with E-state index in [0.29, 0.717) is 22.8 Å². The molecule has 2 N–H and O–H groups in total. The van der Waals surface area contributed by atoms with Crippen LogP contribution < -0.4 is 19.5 Å². The molecule has 106 valence electrons. The normalized spacial score (nSPS) is 9.95. The summed E-state index contributed by atoms with van der Waals surface area (Å²) in [6.45, 7) is 0. The van der Waals surface area contributed by atoms with Crippen LogP contribution >= 0.6 is 0 Å². The smallest absolute Gasteiger partial charge is 0.258 e. The number of rotatable bonds is 5. The summed E-state index contributed by atoms with van der Waals surface area (Å²) in [4.78, 5) is 15.9. The summed E-state index contributed by atoms with van der Waals surface area (Å²) in [5, 5.41) is 8.74. The Morgan fingerprint density at radius 3 is 2.25 bits per heavy atom. The fraction of sp³-hybridized carbons (Fsp3) is 0.250. The number of hydrogen-bond acceptors (Lipinski definition) is 6. The summed E-state index contributed by atoms with van der Waals surface area (Å²) in [5.41, 5.74) is 0.343. The Labute approximate surface area is 115 Å². The molecule has 0 aliphatic heterocycles. The van der Waals surface area contributed by atoms with Gasteiger partial charge in [0.15, 0.2) is 11.5 Å². The van der Waals surface area contributed by atoms with Gasteiger partial charge in [-0.2, -0.15) is 10.1 Å². The monoisotopic (exact) mass is 278 g/mol. The molecule has 1 aromatic carbocycles. The van der Waals surface area contributed by atoms with E-state index in [1.54, 1.807) is 12.1 Å². The molecule has 0 spiro atoms. The number of ether oxygens (including phenoxy) is 3. The summed E-state index contributed by atoms with van der Waals surface area (Å²) in [7, 11) is 4.46. The number of nitrogens with one attached hydrogen (secondary N) is 2. The van der Waals surface area contributed by atoms with Gasteiger partial charge in [0.1, 0.15) is 6.33 Å². The summed E-state index contributed by atoms with van der Waals surface area (Å²) in [5.74, 6) is 1.10. The third kappa shape index (κ3) is 2.63. The Balaban J connectivity index is 2.34. The fourth-order valence-corrected chi connectivity index (χ4v) is 1.66. The van der Waals surface area contributed by atoms with Gasteiger partial charge in [0, 0.05) is 5.56 Å². The van der Waals surface area contributed by atoms with E-state index in [2.05, 4.69) is 20.5 Å². The maximum absolute atomic E-state index is 12.1. The average Bonchev–Trinajstić information content (AvgIpc) is 2.98. The molecule has 8 heteroatoms. The maximum atomic E-state index is 12.1. The number of aromatic amines is 1. The van der Waals surface area contributed by atoms with E-state index < -0.39 is 0 Å².